The molecule has 6 nitrogen and oxygen atoms in total. The number of esters is 2. The number of rotatable bonds is 3. The van der Waals surface area contributed by atoms with Crippen LogP contribution in [-0.4, -0.2) is 64.1 Å². The molecule has 7 rings (SSSR count). The molecule has 0 aliphatic carbocycles. The molecule has 13 heteroatoms. The third-order valence-electron chi connectivity index (χ3n) is 10.0. The Morgan fingerprint density at radius 3 is 1.69 bits per heavy atom. The Balaban J connectivity index is 1.39. The van der Waals surface area contributed by atoms with Crippen LogP contribution in [0.1, 0.15) is 58.2 Å². The van der Waals surface area contributed by atoms with Crippen molar-refractivity contribution in [2.24, 2.45) is 11.8 Å². The molecule has 2 saturated heterocycles. The maximum atomic E-state index is 13.6. The quantitative estimate of drug-likeness (QED) is 0.185. The molecule has 3 aromatic rings. The second-order valence-corrected chi connectivity index (χ2v) is 19.0. The highest BCUT2D eigenvalue weighted by Crippen LogP contribution is 2.50. The van der Waals surface area contributed by atoms with Crippen molar-refractivity contribution >= 4 is 41.8 Å². The molecule has 0 N–H and O–H groups in total. The van der Waals surface area contributed by atoms with E-state index in [0.717, 1.165) is 10.4 Å². The molecule has 254 valence electrons. The summed E-state index contributed by atoms with van der Waals surface area (Å²) in [6.07, 6.45) is -8.60. The lowest BCUT2D eigenvalue weighted by Gasteiger charge is -2.47. The molecule has 4 aliphatic heterocycles. The summed E-state index contributed by atoms with van der Waals surface area (Å²) in [5, 5.41) is 1.64. The number of anilines is 2. The number of fused-ring (bicyclic) bond motifs is 6. The van der Waals surface area contributed by atoms with Crippen molar-refractivity contribution < 1.29 is 45.4 Å². The molecule has 0 radical (unpaired) electrons. The van der Waals surface area contributed by atoms with Crippen molar-refractivity contribution in [3.05, 3.63) is 82.4 Å². The number of carbonyl (C=O) groups is 2. The SMILES string of the molecule is CC(C)(C)OC(=O)c1ccc2c(c1)C1(OC2=O)c2ccc(N3CC(C(F)(F)F)C3)cc2[Si](C)(C)c2cc(N3CC(C(F)(F)F)C3)ccc21. The molecular formula is C35H34F6N2O4Si. The predicted molar refractivity (Wildman–Crippen MR) is 170 cm³/mol. The lowest BCUT2D eigenvalue weighted by Crippen LogP contribution is -2.64. The third kappa shape index (κ3) is 4.98. The van der Waals surface area contributed by atoms with Gasteiger partial charge in [0.2, 0.25) is 0 Å². The van der Waals surface area contributed by atoms with Crippen molar-refractivity contribution in [3.8, 4) is 0 Å². The fourth-order valence-corrected chi connectivity index (χ4v) is 10.5. The van der Waals surface area contributed by atoms with Gasteiger partial charge >= 0.3 is 24.3 Å². The van der Waals surface area contributed by atoms with Crippen LogP contribution in [0.5, 0.6) is 0 Å². The molecule has 0 unspecified atom stereocenters. The third-order valence-corrected chi connectivity index (χ3v) is 13.6. The first-order valence-corrected chi connectivity index (χ1v) is 18.7. The lowest BCUT2D eigenvalue weighted by atomic mass is 9.78. The minimum Gasteiger partial charge on any atom is -0.456 e. The molecule has 0 aromatic heterocycles. The van der Waals surface area contributed by atoms with Gasteiger partial charge in [-0.2, -0.15) is 26.3 Å². The van der Waals surface area contributed by atoms with Crippen molar-refractivity contribution in [1.29, 1.82) is 0 Å². The van der Waals surface area contributed by atoms with E-state index in [1.807, 2.05) is 12.1 Å². The van der Waals surface area contributed by atoms with Crippen LogP contribution in [0.15, 0.2) is 54.6 Å². The van der Waals surface area contributed by atoms with Gasteiger partial charge < -0.3 is 19.3 Å². The topological polar surface area (TPSA) is 59.1 Å². The molecule has 0 atom stereocenters. The Morgan fingerprint density at radius 2 is 1.25 bits per heavy atom. The van der Waals surface area contributed by atoms with Crippen LogP contribution in [0.3, 0.4) is 0 Å². The highest BCUT2D eigenvalue weighted by Gasteiger charge is 2.57. The van der Waals surface area contributed by atoms with Crippen molar-refractivity contribution in [1.82, 2.24) is 0 Å². The van der Waals surface area contributed by atoms with Gasteiger partial charge in [-0.25, -0.2) is 9.59 Å². The number of carbonyl (C=O) groups excluding carboxylic acids is 2. The maximum absolute atomic E-state index is 13.6. The maximum Gasteiger partial charge on any atom is 0.395 e. The average Bonchev–Trinajstić information content (AvgIpc) is 3.20. The number of hydrogen-bond donors (Lipinski definition) is 0. The monoisotopic (exact) mass is 688 g/mol. The standard InChI is InChI=1S/C35H34F6N2O4Si/c1-32(2,3)46-30(44)19-6-9-24-27(12-19)33(47-31(24)45)25-10-7-22(42-15-20(16-42)34(36,37)38)13-28(25)48(4,5)29-14-23(8-11-26(29)33)43-17-21(18-43)35(39,40)41/h6-14,20-21H,15-18H2,1-5H3. The van der Waals surface area contributed by atoms with E-state index in [9.17, 15) is 35.9 Å². The van der Waals surface area contributed by atoms with E-state index in [1.54, 1.807) is 60.9 Å². The summed E-state index contributed by atoms with van der Waals surface area (Å²) in [5.74, 6) is -4.07. The Labute approximate surface area is 274 Å². The van der Waals surface area contributed by atoms with E-state index in [0.29, 0.717) is 28.1 Å². The zero-order valence-electron chi connectivity index (χ0n) is 27.0. The zero-order valence-corrected chi connectivity index (χ0v) is 28.0. The smallest absolute Gasteiger partial charge is 0.395 e. The van der Waals surface area contributed by atoms with Gasteiger partial charge in [-0.1, -0.05) is 25.2 Å². The van der Waals surface area contributed by atoms with E-state index in [4.69, 9.17) is 9.47 Å². The van der Waals surface area contributed by atoms with Crippen LogP contribution in [0.4, 0.5) is 37.7 Å². The Morgan fingerprint density at radius 1 is 0.771 bits per heavy atom. The summed E-state index contributed by atoms with van der Waals surface area (Å²) in [7, 11) is -2.76. The van der Waals surface area contributed by atoms with E-state index >= 15 is 0 Å². The largest absolute Gasteiger partial charge is 0.456 e. The van der Waals surface area contributed by atoms with Crippen molar-refractivity contribution in [2.45, 2.75) is 57.4 Å². The van der Waals surface area contributed by atoms with Gasteiger partial charge in [-0.05, 0) is 73.6 Å². The van der Waals surface area contributed by atoms with E-state index in [-0.39, 0.29) is 37.3 Å². The molecule has 0 saturated carbocycles. The van der Waals surface area contributed by atoms with Gasteiger partial charge in [0.1, 0.15) is 13.7 Å². The highest BCUT2D eigenvalue weighted by molar-refractivity contribution is 7.01. The van der Waals surface area contributed by atoms with Crippen LogP contribution >= 0.6 is 0 Å². The number of hydrogen-bond acceptors (Lipinski definition) is 6. The molecule has 1 spiro atoms. The second-order valence-electron chi connectivity index (χ2n) is 14.7. The lowest BCUT2D eigenvalue weighted by molar-refractivity contribution is -0.180. The normalized spacial score (nSPS) is 20.0. The summed E-state index contributed by atoms with van der Waals surface area (Å²) in [4.78, 5) is 30.1. The van der Waals surface area contributed by atoms with Gasteiger partial charge in [0.25, 0.3) is 0 Å². The van der Waals surface area contributed by atoms with Gasteiger partial charge in [0, 0.05) is 54.2 Å². The van der Waals surface area contributed by atoms with Crippen LogP contribution in [0.25, 0.3) is 0 Å². The van der Waals surface area contributed by atoms with Crippen LogP contribution < -0.4 is 20.2 Å². The summed E-state index contributed by atoms with van der Waals surface area (Å²) in [6.45, 7) is 8.66. The fourth-order valence-electron chi connectivity index (χ4n) is 7.32. The van der Waals surface area contributed by atoms with Crippen LogP contribution in [-0.2, 0) is 15.1 Å². The number of alkyl halides is 6. The van der Waals surface area contributed by atoms with Gasteiger partial charge in [0.15, 0.2) is 5.60 Å². The Bertz CT molecular complexity index is 1770. The number of nitrogens with zero attached hydrogens (tertiary/aromatic N) is 2. The van der Waals surface area contributed by atoms with Crippen molar-refractivity contribution in [2.75, 3.05) is 36.0 Å². The van der Waals surface area contributed by atoms with Crippen molar-refractivity contribution in [3.63, 3.8) is 0 Å². The minimum atomic E-state index is -4.30. The van der Waals surface area contributed by atoms with Gasteiger partial charge in [-0.15, -0.1) is 0 Å². The fraction of sp³-hybridized carbons (Fsp3) is 0.429. The molecule has 0 amide bonds. The van der Waals surface area contributed by atoms with Gasteiger partial charge in [0.05, 0.1) is 23.0 Å². The summed E-state index contributed by atoms with van der Waals surface area (Å²) in [6, 6.07) is 15.4. The zero-order chi connectivity index (χ0) is 34.8. The summed E-state index contributed by atoms with van der Waals surface area (Å²) in [5.41, 5.74) is 1.08. The molecular weight excluding hydrogens is 654 g/mol. The molecule has 3 aromatic carbocycles. The first-order chi connectivity index (χ1) is 22.2. The molecule has 0 bridgehead atoms. The molecule has 48 heavy (non-hydrogen) atoms. The van der Waals surface area contributed by atoms with E-state index < -0.39 is 55.4 Å². The molecule has 4 aliphatic rings. The summed E-state index contributed by atoms with van der Waals surface area (Å²) >= 11 is 0. The number of ether oxygens (including phenoxy) is 2. The van der Waals surface area contributed by atoms with Gasteiger partial charge in [-0.3, -0.25) is 0 Å². The van der Waals surface area contributed by atoms with Crippen LogP contribution in [0.2, 0.25) is 13.1 Å². The summed E-state index contributed by atoms with van der Waals surface area (Å²) < 4.78 is 92.2. The second kappa shape index (κ2) is 10.3. The number of halogens is 6. The minimum absolute atomic E-state index is 0.178. The molecule has 4 heterocycles. The van der Waals surface area contributed by atoms with E-state index in [1.165, 1.54) is 12.1 Å². The first-order valence-electron chi connectivity index (χ1n) is 15.7. The Hall–Kier alpha value is -4.00. The Kier molecular flexibility index (Phi) is 6.95. The number of benzene rings is 3. The predicted octanol–water partition coefficient (Wildman–Crippen LogP) is 6.24. The highest BCUT2D eigenvalue weighted by atomic mass is 28.3. The molecule has 2 fully saturated rings. The van der Waals surface area contributed by atoms with Crippen LogP contribution in [0, 0.1) is 11.8 Å². The average molecular weight is 689 g/mol. The van der Waals surface area contributed by atoms with E-state index in [2.05, 4.69) is 13.1 Å². The first kappa shape index (κ1) is 32.5.